The molecule has 0 aliphatic carbocycles. The predicted molar refractivity (Wildman–Crippen MR) is 119 cm³/mol. The van der Waals surface area contributed by atoms with E-state index in [1.807, 2.05) is 13.1 Å². The van der Waals surface area contributed by atoms with Crippen LogP contribution >= 0.6 is 0 Å². The molecule has 1 aliphatic rings. The Labute approximate surface area is 190 Å². The van der Waals surface area contributed by atoms with Gasteiger partial charge < -0.3 is 9.42 Å². The van der Waals surface area contributed by atoms with E-state index in [2.05, 4.69) is 29.8 Å². The molecule has 0 N–H and O–H groups in total. The number of benzene rings is 1. The van der Waals surface area contributed by atoms with Crippen LogP contribution in [0.15, 0.2) is 53.3 Å². The van der Waals surface area contributed by atoms with E-state index in [0.29, 0.717) is 12.3 Å². The van der Waals surface area contributed by atoms with E-state index in [-0.39, 0.29) is 11.3 Å². The minimum Gasteiger partial charge on any atom is -0.359 e. The van der Waals surface area contributed by atoms with Crippen LogP contribution in [-0.4, -0.2) is 71.2 Å². The first-order valence-electron chi connectivity index (χ1n) is 11.0. The zero-order valence-electron chi connectivity index (χ0n) is 18.5. The van der Waals surface area contributed by atoms with E-state index in [4.69, 9.17) is 4.52 Å². The van der Waals surface area contributed by atoms with Crippen molar-refractivity contribution in [3.63, 3.8) is 0 Å². The molecule has 1 fully saturated rings. The molecule has 0 spiro atoms. The van der Waals surface area contributed by atoms with Crippen LogP contribution in [0, 0.1) is 0 Å². The Kier molecular flexibility index (Phi) is 7.24. The van der Waals surface area contributed by atoms with Crippen molar-refractivity contribution < 1.29 is 17.7 Å². The minimum absolute atomic E-state index is 0.0303. The number of halogens is 3. The highest BCUT2D eigenvalue weighted by molar-refractivity contribution is 5.64. The van der Waals surface area contributed by atoms with Gasteiger partial charge in [-0.2, -0.15) is 13.2 Å². The first kappa shape index (κ1) is 23.2. The fourth-order valence-corrected chi connectivity index (χ4v) is 4.00. The van der Waals surface area contributed by atoms with Crippen LogP contribution in [0.5, 0.6) is 0 Å². The van der Waals surface area contributed by atoms with Gasteiger partial charge in [0.2, 0.25) is 5.95 Å². The molecular weight excluding hydrogens is 433 g/mol. The van der Waals surface area contributed by atoms with Gasteiger partial charge in [0.05, 0.1) is 12.1 Å². The van der Waals surface area contributed by atoms with E-state index >= 15 is 0 Å². The lowest BCUT2D eigenvalue weighted by atomic mass is 10.0. The van der Waals surface area contributed by atoms with Crippen LogP contribution in [0.4, 0.5) is 19.1 Å². The molecule has 0 radical (unpaired) electrons. The third kappa shape index (κ3) is 6.08. The number of aromatic nitrogens is 3. The Balaban J connectivity index is 1.22. The summed E-state index contributed by atoms with van der Waals surface area (Å²) >= 11 is 0. The number of alkyl halides is 3. The van der Waals surface area contributed by atoms with E-state index in [0.717, 1.165) is 57.7 Å². The Bertz CT molecular complexity index is 1020. The van der Waals surface area contributed by atoms with E-state index in [9.17, 15) is 13.2 Å². The highest BCUT2D eigenvalue weighted by Crippen LogP contribution is 2.36. The lowest BCUT2D eigenvalue weighted by Gasteiger charge is -2.34. The number of hydrogen-bond acceptors (Lipinski definition) is 7. The minimum atomic E-state index is -4.44. The summed E-state index contributed by atoms with van der Waals surface area (Å²) in [6, 6.07) is 8.82. The molecule has 3 aromatic rings. The number of rotatable bonds is 8. The van der Waals surface area contributed by atoms with Crippen molar-refractivity contribution in [2.24, 2.45) is 0 Å². The third-order valence-corrected chi connectivity index (χ3v) is 5.71. The van der Waals surface area contributed by atoms with Crippen LogP contribution in [-0.2, 0) is 12.7 Å². The number of piperazine rings is 1. The highest BCUT2D eigenvalue weighted by atomic mass is 19.4. The van der Waals surface area contributed by atoms with Gasteiger partial charge in [-0.1, -0.05) is 23.4 Å². The third-order valence-electron chi connectivity index (χ3n) is 5.71. The van der Waals surface area contributed by atoms with Crippen LogP contribution in [0.2, 0.25) is 0 Å². The van der Waals surface area contributed by atoms with Gasteiger partial charge in [0, 0.05) is 50.2 Å². The summed E-state index contributed by atoms with van der Waals surface area (Å²) in [6.45, 7) is 6.05. The summed E-state index contributed by atoms with van der Waals surface area (Å²) in [6.07, 6.45) is 0.0661. The van der Waals surface area contributed by atoms with Crippen molar-refractivity contribution in [2.75, 3.05) is 51.2 Å². The van der Waals surface area contributed by atoms with Crippen LogP contribution in [0.3, 0.4) is 0 Å². The van der Waals surface area contributed by atoms with E-state index in [1.54, 1.807) is 24.5 Å². The van der Waals surface area contributed by atoms with E-state index < -0.39 is 11.7 Å². The van der Waals surface area contributed by atoms with Crippen molar-refractivity contribution >= 4 is 5.95 Å². The normalized spacial score (nSPS) is 15.4. The van der Waals surface area contributed by atoms with Gasteiger partial charge in [-0.05, 0) is 38.7 Å². The molecule has 0 bridgehead atoms. The smallest absolute Gasteiger partial charge is 0.359 e. The molecule has 4 rings (SSSR count). The van der Waals surface area contributed by atoms with Gasteiger partial charge in [-0.25, -0.2) is 9.97 Å². The zero-order valence-corrected chi connectivity index (χ0v) is 18.5. The number of nitrogens with zero attached hydrogens (tertiary/aromatic N) is 6. The molecule has 3 heterocycles. The maximum atomic E-state index is 13.3. The fraction of sp³-hybridized carbons (Fsp3) is 0.435. The molecule has 1 aliphatic heterocycles. The first-order valence-corrected chi connectivity index (χ1v) is 11.0. The summed E-state index contributed by atoms with van der Waals surface area (Å²) in [5, 5.41) is 3.87. The van der Waals surface area contributed by atoms with Gasteiger partial charge in [0.15, 0.2) is 5.76 Å². The summed E-state index contributed by atoms with van der Waals surface area (Å²) < 4.78 is 45.1. The lowest BCUT2D eigenvalue weighted by Crippen LogP contribution is -2.47. The standard InChI is InChI=1S/C23H27F3N6O/c1-30(10-5-11-31-12-14-32(15-13-31)22-27-8-4-9-28-22)17-18-16-21(29-33-18)19-6-2-3-7-20(19)23(24,25)26/h2-4,6-9,16H,5,10-15,17H2,1H3. The predicted octanol–water partition coefficient (Wildman–Crippen LogP) is 3.79. The van der Waals surface area contributed by atoms with Crippen molar-refractivity contribution in [3.05, 3.63) is 60.1 Å². The SMILES string of the molecule is CN(CCCN1CCN(c2ncccn2)CC1)Cc1cc(-c2ccccc2C(F)(F)F)no1. The summed E-state index contributed by atoms with van der Waals surface area (Å²) in [7, 11) is 1.97. The first-order chi connectivity index (χ1) is 15.9. The number of anilines is 1. The molecule has 176 valence electrons. The lowest BCUT2D eigenvalue weighted by molar-refractivity contribution is -0.137. The Morgan fingerprint density at radius 2 is 1.76 bits per heavy atom. The Hall–Kier alpha value is -2.98. The number of hydrogen-bond donors (Lipinski definition) is 0. The molecule has 0 unspecified atom stereocenters. The van der Waals surface area contributed by atoms with Gasteiger partial charge in [-0.3, -0.25) is 9.80 Å². The molecule has 0 atom stereocenters. The van der Waals surface area contributed by atoms with Gasteiger partial charge in [0.1, 0.15) is 5.69 Å². The Morgan fingerprint density at radius 3 is 2.48 bits per heavy atom. The fourth-order valence-electron chi connectivity index (χ4n) is 4.00. The second-order valence-electron chi connectivity index (χ2n) is 8.19. The quantitative estimate of drug-likeness (QED) is 0.507. The molecule has 1 aromatic carbocycles. The zero-order chi connectivity index (χ0) is 23.3. The molecule has 0 amide bonds. The molecular formula is C23H27F3N6O. The average molecular weight is 461 g/mol. The van der Waals surface area contributed by atoms with Crippen LogP contribution < -0.4 is 4.90 Å². The van der Waals surface area contributed by atoms with Crippen LogP contribution in [0.25, 0.3) is 11.3 Å². The second-order valence-corrected chi connectivity index (χ2v) is 8.19. The second kappa shape index (κ2) is 10.3. The van der Waals surface area contributed by atoms with Gasteiger partial charge in [0.25, 0.3) is 0 Å². The Morgan fingerprint density at radius 1 is 1.03 bits per heavy atom. The maximum Gasteiger partial charge on any atom is 0.417 e. The monoisotopic (exact) mass is 460 g/mol. The van der Waals surface area contributed by atoms with E-state index in [1.165, 1.54) is 12.1 Å². The van der Waals surface area contributed by atoms with Gasteiger partial charge >= 0.3 is 6.18 Å². The summed E-state index contributed by atoms with van der Waals surface area (Å²) in [4.78, 5) is 15.3. The van der Waals surface area contributed by atoms with Crippen molar-refractivity contribution in [2.45, 2.75) is 19.1 Å². The average Bonchev–Trinajstić information content (AvgIpc) is 3.28. The largest absolute Gasteiger partial charge is 0.417 e. The molecule has 33 heavy (non-hydrogen) atoms. The highest BCUT2D eigenvalue weighted by Gasteiger charge is 2.34. The van der Waals surface area contributed by atoms with Crippen LogP contribution in [0.1, 0.15) is 17.7 Å². The molecule has 7 nitrogen and oxygen atoms in total. The van der Waals surface area contributed by atoms with Crippen molar-refractivity contribution in [1.82, 2.24) is 24.9 Å². The summed E-state index contributed by atoms with van der Waals surface area (Å²) in [5.41, 5.74) is -0.480. The van der Waals surface area contributed by atoms with Crippen molar-refractivity contribution in [3.8, 4) is 11.3 Å². The van der Waals surface area contributed by atoms with Gasteiger partial charge in [-0.15, -0.1) is 0 Å². The summed E-state index contributed by atoms with van der Waals surface area (Å²) in [5.74, 6) is 1.32. The molecule has 0 saturated carbocycles. The molecule has 10 heteroatoms. The molecule has 1 saturated heterocycles. The maximum absolute atomic E-state index is 13.3. The topological polar surface area (TPSA) is 61.5 Å². The molecule has 2 aromatic heterocycles. The van der Waals surface area contributed by atoms with Crippen molar-refractivity contribution in [1.29, 1.82) is 0 Å².